The van der Waals surface area contributed by atoms with Crippen LogP contribution >= 0.6 is 11.6 Å². The number of fused-ring (bicyclic) bond motifs is 3. The molecule has 1 atom stereocenters. The molecule has 2 N–H and O–H groups in total. The van der Waals surface area contributed by atoms with Crippen molar-refractivity contribution in [2.45, 2.75) is 19.9 Å². The quantitative estimate of drug-likeness (QED) is 0.560. The van der Waals surface area contributed by atoms with Crippen LogP contribution in [0.1, 0.15) is 24.2 Å². The molecular weight excluding hydrogens is 336 g/mol. The van der Waals surface area contributed by atoms with E-state index >= 15 is 0 Å². The van der Waals surface area contributed by atoms with Gasteiger partial charge in [0.25, 0.3) is 0 Å². The summed E-state index contributed by atoms with van der Waals surface area (Å²) in [5, 5.41) is 19.5. The monoisotopic (exact) mass is 352 g/mol. The molecule has 4 rings (SSSR count). The van der Waals surface area contributed by atoms with Crippen LogP contribution in [-0.2, 0) is 0 Å². The summed E-state index contributed by atoms with van der Waals surface area (Å²) in [5.41, 5.74) is 3.09. The van der Waals surface area contributed by atoms with Crippen LogP contribution < -0.4 is 5.32 Å². The number of para-hydroxylation sites is 2. The summed E-state index contributed by atoms with van der Waals surface area (Å²) in [4.78, 5) is 4.69. The van der Waals surface area contributed by atoms with Crippen LogP contribution in [0.15, 0.2) is 48.5 Å². The predicted octanol–water partition coefficient (Wildman–Crippen LogP) is 4.72. The molecule has 0 aliphatic rings. The second-order valence-corrected chi connectivity index (χ2v) is 6.42. The molecule has 2 aromatic heterocycles. The van der Waals surface area contributed by atoms with Crippen LogP contribution in [0.3, 0.4) is 0 Å². The normalized spacial score (nSPS) is 12.6. The molecule has 0 aliphatic carbocycles. The first-order valence-electron chi connectivity index (χ1n) is 8.04. The van der Waals surface area contributed by atoms with Crippen LogP contribution in [-0.4, -0.2) is 19.7 Å². The summed E-state index contributed by atoms with van der Waals surface area (Å²) < 4.78 is 1.77. The molecule has 25 heavy (non-hydrogen) atoms. The second kappa shape index (κ2) is 5.93. The zero-order valence-corrected chi connectivity index (χ0v) is 14.6. The number of phenols is 1. The molecule has 2 aromatic carbocycles. The minimum Gasteiger partial charge on any atom is -0.508 e. The SMILES string of the molecule is Cc1nn2c(nc(NC(C)c3ccccc3O)c3ccccc32)c1Cl. The number of nitrogens with one attached hydrogen (secondary N) is 1. The van der Waals surface area contributed by atoms with Crippen molar-refractivity contribution >= 4 is 34.0 Å². The molecule has 0 fully saturated rings. The Morgan fingerprint density at radius 3 is 2.64 bits per heavy atom. The number of anilines is 1. The third-order valence-electron chi connectivity index (χ3n) is 4.33. The van der Waals surface area contributed by atoms with E-state index in [0.717, 1.165) is 22.2 Å². The number of halogens is 1. The Bertz CT molecular complexity index is 1090. The van der Waals surface area contributed by atoms with Crippen molar-refractivity contribution in [3.05, 3.63) is 64.8 Å². The fraction of sp³-hybridized carbons (Fsp3) is 0.158. The van der Waals surface area contributed by atoms with Gasteiger partial charge in [-0.2, -0.15) is 5.10 Å². The summed E-state index contributed by atoms with van der Waals surface area (Å²) in [6.45, 7) is 3.85. The first-order chi connectivity index (χ1) is 12.1. The Labute approximate surface area is 149 Å². The highest BCUT2D eigenvalue weighted by atomic mass is 35.5. The topological polar surface area (TPSA) is 62.5 Å². The van der Waals surface area contributed by atoms with Gasteiger partial charge in [-0.3, -0.25) is 0 Å². The minimum atomic E-state index is -0.123. The first kappa shape index (κ1) is 15.7. The largest absolute Gasteiger partial charge is 0.508 e. The van der Waals surface area contributed by atoms with Gasteiger partial charge in [0.05, 0.1) is 17.3 Å². The van der Waals surface area contributed by atoms with Gasteiger partial charge in [-0.25, -0.2) is 9.50 Å². The van der Waals surface area contributed by atoms with E-state index in [4.69, 9.17) is 16.6 Å². The summed E-state index contributed by atoms with van der Waals surface area (Å²) in [6, 6.07) is 15.1. The van der Waals surface area contributed by atoms with Crippen molar-refractivity contribution < 1.29 is 5.11 Å². The highest BCUT2D eigenvalue weighted by Crippen LogP contribution is 2.31. The molecule has 0 amide bonds. The number of aromatic nitrogens is 3. The molecule has 0 saturated carbocycles. The van der Waals surface area contributed by atoms with Crippen molar-refractivity contribution in [1.82, 2.24) is 14.6 Å². The summed E-state index contributed by atoms with van der Waals surface area (Å²) in [6.07, 6.45) is 0. The van der Waals surface area contributed by atoms with Crippen molar-refractivity contribution in [2.75, 3.05) is 5.32 Å². The molecule has 6 heteroatoms. The van der Waals surface area contributed by atoms with Crippen LogP contribution in [0, 0.1) is 6.92 Å². The van der Waals surface area contributed by atoms with Gasteiger partial charge in [-0.15, -0.1) is 0 Å². The van der Waals surface area contributed by atoms with E-state index < -0.39 is 0 Å². The number of hydrogen-bond donors (Lipinski definition) is 2. The Hall–Kier alpha value is -2.79. The molecule has 0 aliphatic heterocycles. The molecule has 0 saturated heterocycles. The Balaban J connectivity index is 1.88. The Kier molecular flexibility index (Phi) is 3.73. The Morgan fingerprint density at radius 2 is 1.84 bits per heavy atom. The van der Waals surface area contributed by atoms with Gasteiger partial charge in [0.1, 0.15) is 16.6 Å². The molecule has 0 radical (unpaired) electrons. The summed E-state index contributed by atoms with van der Waals surface area (Å²) in [5.74, 6) is 0.965. The van der Waals surface area contributed by atoms with Crippen molar-refractivity contribution in [1.29, 1.82) is 0 Å². The number of phenolic OH excluding ortho intramolecular Hbond substituents is 1. The van der Waals surface area contributed by atoms with Gasteiger partial charge < -0.3 is 10.4 Å². The van der Waals surface area contributed by atoms with E-state index in [0.29, 0.717) is 16.5 Å². The van der Waals surface area contributed by atoms with Crippen molar-refractivity contribution in [3.63, 3.8) is 0 Å². The maximum Gasteiger partial charge on any atom is 0.176 e. The highest BCUT2D eigenvalue weighted by Gasteiger charge is 2.17. The van der Waals surface area contributed by atoms with Gasteiger partial charge in [-0.05, 0) is 32.0 Å². The maximum atomic E-state index is 10.1. The lowest BCUT2D eigenvalue weighted by Gasteiger charge is -2.18. The highest BCUT2D eigenvalue weighted by molar-refractivity contribution is 6.34. The molecule has 4 aromatic rings. The first-order valence-corrected chi connectivity index (χ1v) is 8.42. The lowest BCUT2D eigenvalue weighted by atomic mass is 10.1. The van der Waals surface area contributed by atoms with Crippen LogP contribution in [0.2, 0.25) is 5.02 Å². The number of rotatable bonds is 3. The average molecular weight is 353 g/mol. The molecule has 1 unspecified atom stereocenters. The van der Waals surface area contributed by atoms with Gasteiger partial charge in [0, 0.05) is 10.9 Å². The van der Waals surface area contributed by atoms with E-state index in [1.807, 2.05) is 50.2 Å². The molecular formula is C19H17ClN4O. The molecule has 0 spiro atoms. The summed E-state index contributed by atoms with van der Waals surface area (Å²) in [7, 11) is 0. The zero-order valence-electron chi connectivity index (χ0n) is 13.9. The lowest BCUT2D eigenvalue weighted by Crippen LogP contribution is -2.10. The van der Waals surface area contributed by atoms with E-state index in [-0.39, 0.29) is 11.8 Å². The van der Waals surface area contributed by atoms with E-state index in [1.54, 1.807) is 16.6 Å². The molecule has 0 bridgehead atoms. The van der Waals surface area contributed by atoms with E-state index in [9.17, 15) is 5.11 Å². The number of nitrogens with zero attached hydrogens (tertiary/aromatic N) is 3. The number of aryl methyl sites for hydroxylation is 1. The van der Waals surface area contributed by atoms with Gasteiger partial charge >= 0.3 is 0 Å². The molecule has 2 heterocycles. The van der Waals surface area contributed by atoms with Gasteiger partial charge in [-0.1, -0.05) is 41.9 Å². The Morgan fingerprint density at radius 1 is 1.12 bits per heavy atom. The molecule has 126 valence electrons. The van der Waals surface area contributed by atoms with Gasteiger partial charge in [0.2, 0.25) is 0 Å². The second-order valence-electron chi connectivity index (χ2n) is 6.04. The van der Waals surface area contributed by atoms with E-state index in [2.05, 4.69) is 10.4 Å². The number of benzene rings is 2. The third kappa shape index (κ3) is 2.57. The lowest BCUT2D eigenvalue weighted by molar-refractivity contribution is 0.465. The van der Waals surface area contributed by atoms with Crippen molar-refractivity contribution in [3.8, 4) is 5.75 Å². The molecule has 5 nitrogen and oxygen atoms in total. The number of aromatic hydroxyl groups is 1. The summed E-state index contributed by atoms with van der Waals surface area (Å²) >= 11 is 6.38. The average Bonchev–Trinajstić information content (AvgIpc) is 2.90. The fourth-order valence-electron chi connectivity index (χ4n) is 3.03. The predicted molar refractivity (Wildman–Crippen MR) is 100 cm³/mol. The zero-order chi connectivity index (χ0) is 17.6. The van der Waals surface area contributed by atoms with Gasteiger partial charge in [0.15, 0.2) is 5.65 Å². The number of hydrogen-bond acceptors (Lipinski definition) is 4. The standard InChI is InChI=1S/C19H17ClN4O/c1-11(13-7-4-6-10-16(13)25)21-18-14-8-3-5-9-15(14)24-19(22-18)17(20)12(2)23-24/h3-11,25H,1-2H3,(H,21,22). The van der Waals surface area contributed by atoms with Crippen LogP contribution in [0.25, 0.3) is 16.6 Å². The maximum absolute atomic E-state index is 10.1. The van der Waals surface area contributed by atoms with Crippen LogP contribution in [0.5, 0.6) is 5.75 Å². The van der Waals surface area contributed by atoms with Crippen molar-refractivity contribution in [2.24, 2.45) is 0 Å². The van der Waals surface area contributed by atoms with E-state index in [1.165, 1.54) is 0 Å². The van der Waals surface area contributed by atoms with Crippen LogP contribution in [0.4, 0.5) is 5.82 Å². The third-order valence-corrected chi connectivity index (χ3v) is 4.77. The smallest absolute Gasteiger partial charge is 0.176 e. The minimum absolute atomic E-state index is 0.123. The fourth-order valence-corrected chi connectivity index (χ4v) is 3.19.